The van der Waals surface area contributed by atoms with E-state index in [0.29, 0.717) is 24.1 Å². The normalized spacial score (nSPS) is 16.7. The fourth-order valence-electron chi connectivity index (χ4n) is 11.0. The lowest BCUT2D eigenvalue weighted by atomic mass is 9.77. The fourth-order valence-corrected chi connectivity index (χ4v) is 14.5. The Morgan fingerprint density at radius 2 is 1.06 bits per heavy atom. The highest BCUT2D eigenvalue weighted by Crippen LogP contribution is 2.47. The number of ether oxygens (including phenoxy) is 2. The van der Waals surface area contributed by atoms with Gasteiger partial charge in [0.25, 0.3) is 11.8 Å². The van der Waals surface area contributed by atoms with Crippen LogP contribution in [0.15, 0.2) is 264 Å². The van der Waals surface area contributed by atoms with Gasteiger partial charge in [0.1, 0.15) is 28.3 Å². The van der Waals surface area contributed by atoms with Crippen LogP contribution >= 0.6 is 34.9 Å². The van der Waals surface area contributed by atoms with Crippen LogP contribution in [0.5, 0.6) is 0 Å². The predicted molar refractivity (Wildman–Crippen MR) is 326 cm³/mol. The number of nitrogens with one attached hydrogen (secondary N) is 2. The molecule has 0 spiro atoms. The first-order valence-electron chi connectivity index (χ1n) is 27.3. The van der Waals surface area contributed by atoms with Crippen LogP contribution in [0.4, 0.5) is 5.13 Å². The molecule has 0 radical (unpaired) electrons. The molecule has 3 aliphatic heterocycles. The maximum absolute atomic E-state index is 15.6. The molecule has 3 aliphatic rings. The number of carbonyl (C=O) groups is 3. The molecule has 0 saturated carbocycles. The molecule has 2 amide bonds. The van der Waals surface area contributed by atoms with Crippen molar-refractivity contribution in [3.8, 4) is 0 Å². The molecule has 2 saturated heterocycles. The van der Waals surface area contributed by atoms with Gasteiger partial charge in [-0.1, -0.05) is 248 Å². The second-order valence-electron chi connectivity index (χ2n) is 20.0. The monoisotopic (exact) mass is 1140 g/mol. The van der Waals surface area contributed by atoms with Gasteiger partial charge >= 0.3 is 5.97 Å². The lowest BCUT2D eigenvalue weighted by molar-refractivity contribution is -0.154. The molecule has 0 aliphatic carbocycles. The maximum Gasteiger partial charge on any atom is 0.356 e. The van der Waals surface area contributed by atoms with Crippen molar-refractivity contribution in [3.05, 3.63) is 309 Å². The van der Waals surface area contributed by atoms with Crippen molar-refractivity contribution in [2.75, 3.05) is 24.3 Å². The maximum atomic E-state index is 15.6. The van der Waals surface area contributed by atoms with E-state index in [0.717, 1.165) is 62.3 Å². The number of hydrogen-bond acceptors (Lipinski definition) is 12. The Hall–Kier alpha value is -8.53. The smallest absolute Gasteiger partial charge is 0.356 e. The van der Waals surface area contributed by atoms with Crippen LogP contribution < -0.4 is 10.6 Å². The summed E-state index contributed by atoms with van der Waals surface area (Å²) < 4.78 is 12.2. The number of nitrogens with zero attached hydrogens (tertiary/aromatic N) is 3. The van der Waals surface area contributed by atoms with Crippen molar-refractivity contribution < 1.29 is 28.7 Å². The Kier molecular flexibility index (Phi) is 16.3. The summed E-state index contributed by atoms with van der Waals surface area (Å²) in [6.07, 6.45) is 0.858. The Balaban J connectivity index is 0.932. The third-order valence-electron chi connectivity index (χ3n) is 15.0. The number of thiazole rings is 1. The summed E-state index contributed by atoms with van der Waals surface area (Å²) in [5.74, 6) is -1.35. The summed E-state index contributed by atoms with van der Waals surface area (Å²) in [7, 11) is 0. The number of hydrogen-bond donors (Lipinski definition) is 2. The van der Waals surface area contributed by atoms with Crippen molar-refractivity contribution in [3.63, 3.8) is 0 Å². The zero-order valence-electron chi connectivity index (χ0n) is 44.5. The molecule has 82 heavy (non-hydrogen) atoms. The summed E-state index contributed by atoms with van der Waals surface area (Å²) in [5, 5.41) is 13.7. The van der Waals surface area contributed by atoms with E-state index in [2.05, 4.69) is 47.0 Å². The van der Waals surface area contributed by atoms with Gasteiger partial charge in [0.2, 0.25) is 5.60 Å². The summed E-state index contributed by atoms with van der Waals surface area (Å²) >= 11 is 4.42. The number of carbonyl (C=O) groups excluding carboxylic acids is 3. The minimum atomic E-state index is -1.37. The van der Waals surface area contributed by atoms with Crippen LogP contribution in [0.3, 0.4) is 0 Å². The number of esters is 1. The van der Waals surface area contributed by atoms with E-state index in [-0.39, 0.29) is 22.4 Å². The fraction of sp³-hybridized carbons (Fsp3) is 0.162. The molecule has 1 aromatic heterocycles. The van der Waals surface area contributed by atoms with Crippen molar-refractivity contribution in [1.29, 1.82) is 0 Å². The molecule has 2 atom stereocenters. The van der Waals surface area contributed by atoms with E-state index in [1.54, 1.807) is 17.1 Å². The van der Waals surface area contributed by atoms with Crippen LogP contribution in [0, 0.1) is 0 Å². The molecule has 11 nitrogen and oxygen atoms in total. The first-order chi connectivity index (χ1) is 40.4. The van der Waals surface area contributed by atoms with Crippen LogP contribution in [0.1, 0.15) is 69.1 Å². The lowest BCUT2D eigenvalue weighted by Gasteiger charge is -2.50. The predicted octanol–water partition coefficient (Wildman–Crippen LogP) is 13.1. The van der Waals surface area contributed by atoms with E-state index in [9.17, 15) is 0 Å². The van der Waals surface area contributed by atoms with Crippen molar-refractivity contribution in [1.82, 2.24) is 15.2 Å². The molecule has 4 heterocycles. The number of thioether (sulfide) groups is 2. The molecule has 0 bridgehead atoms. The molecule has 12 rings (SSSR count). The summed E-state index contributed by atoms with van der Waals surface area (Å²) in [6, 6.07) is 78.1. The first-order valence-corrected chi connectivity index (χ1v) is 30.1. The van der Waals surface area contributed by atoms with Gasteiger partial charge in [-0.25, -0.2) is 9.78 Å². The van der Waals surface area contributed by atoms with E-state index >= 15 is 14.4 Å². The van der Waals surface area contributed by atoms with Gasteiger partial charge in [-0.15, -0.1) is 34.9 Å². The molecule has 2 unspecified atom stereocenters. The Bertz CT molecular complexity index is 3460. The molecule has 9 aromatic rings. The van der Waals surface area contributed by atoms with Crippen molar-refractivity contribution in [2.24, 2.45) is 5.16 Å². The summed E-state index contributed by atoms with van der Waals surface area (Å²) in [4.78, 5) is 60.1. The van der Waals surface area contributed by atoms with E-state index in [1.165, 1.54) is 28.0 Å². The van der Waals surface area contributed by atoms with Gasteiger partial charge in [0, 0.05) is 51.2 Å². The van der Waals surface area contributed by atoms with E-state index in [1.807, 2.05) is 206 Å². The third-order valence-corrected chi connectivity index (χ3v) is 18.7. The number of benzene rings is 8. The third kappa shape index (κ3) is 10.9. The summed E-state index contributed by atoms with van der Waals surface area (Å²) in [5.41, 5.74) is 4.73. The van der Waals surface area contributed by atoms with E-state index in [4.69, 9.17) is 24.5 Å². The highest BCUT2D eigenvalue weighted by Gasteiger charge is 2.55. The average Bonchev–Trinajstić information content (AvgIpc) is 3.28. The van der Waals surface area contributed by atoms with Crippen molar-refractivity contribution >= 4 is 63.5 Å². The average molecular weight is 1140 g/mol. The zero-order valence-corrected chi connectivity index (χ0v) is 47.0. The first kappa shape index (κ1) is 54.1. The van der Waals surface area contributed by atoms with Gasteiger partial charge < -0.3 is 24.9 Å². The van der Waals surface area contributed by atoms with Crippen LogP contribution in [-0.2, 0) is 39.8 Å². The van der Waals surface area contributed by atoms with Gasteiger partial charge in [-0.3, -0.25) is 14.5 Å². The Morgan fingerprint density at radius 3 is 1.52 bits per heavy atom. The molecular formula is C68H57N5O6S3. The Labute approximate surface area is 489 Å². The largest absolute Gasteiger partial charge is 0.448 e. The number of rotatable bonds is 19. The highest BCUT2D eigenvalue weighted by atomic mass is 32.2. The van der Waals surface area contributed by atoms with Gasteiger partial charge in [0.05, 0.1) is 0 Å². The Morgan fingerprint density at radius 1 is 0.622 bits per heavy atom. The number of anilines is 1. The second-order valence-corrected chi connectivity index (χ2v) is 23.3. The molecule has 2 N–H and O–H groups in total. The minimum Gasteiger partial charge on any atom is -0.448 e. The minimum absolute atomic E-state index is 0.159. The summed E-state index contributed by atoms with van der Waals surface area (Å²) in [6.45, 7) is 1.23. The second kappa shape index (κ2) is 24.7. The highest BCUT2D eigenvalue weighted by molar-refractivity contribution is 8.06. The molecular weight excluding hydrogens is 1080 g/mol. The van der Waals surface area contributed by atoms with Crippen LogP contribution in [0.2, 0.25) is 0 Å². The van der Waals surface area contributed by atoms with Gasteiger partial charge in [-0.2, -0.15) is 0 Å². The van der Waals surface area contributed by atoms with Crippen LogP contribution in [-0.4, -0.2) is 69.0 Å². The number of β-lactam (4-membered cyclic amide) rings is 1. The lowest BCUT2D eigenvalue weighted by Crippen LogP contribution is -2.71. The van der Waals surface area contributed by atoms with Gasteiger partial charge in [-0.05, 0) is 40.7 Å². The standard InChI is InChI=1S/C68H57N5O6S3/c74-62(70-59-63(75)73-60(57(46-80-64(59)73)82-55-41-43-77-44-42-55)65(76)78-61(47-25-9-1-10-26-47)48-27-11-2-12-28-48)58(72-79-68(52-35-19-6-20-36-52,53-37-21-7-22-38-53)54-39-23-8-24-40-54)56-45-81-66(69-56)71-67(49-29-13-3-14-30-49,50-31-15-4-16-32-50)51-33-17-5-18-34-51/h1-40,45,55,59,61,64H,41-44,46H2,(H,69,71)(H,70,74)/b72-58-. The molecule has 408 valence electrons. The molecule has 8 aromatic carbocycles. The van der Waals surface area contributed by atoms with Gasteiger partial charge in [0.15, 0.2) is 16.9 Å². The molecule has 2 fully saturated rings. The van der Waals surface area contributed by atoms with Crippen molar-refractivity contribution in [2.45, 2.75) is 46.8 Å². The quantitative estimate of drug-likeness (QED) is 0.0265. The van der Waals surface area contributed by atoms with Crippen LogP contribution in [0.25, 0.3) is 0 Å². The number of aromatic nitrogens is 1. The number of fused-ring (bicyclic) bond motifs is 1. The zero-order chi connectivity index (χ0) is 55.7. The topological polar surface area (TPSA) is 131 Å². The van der Waals surface area contributed by atoms with E-state index < -0.39 is 46.4 Å². The molecule has 14 heteroatoms. The number of amides is 2. The SMILES string of the molecule is O=C(OC(c1ccccc1)c1ccccc1)C1=C(SC2CCOCC2)CSC2C(NC(=O)/C(=N\OC(c3ccccc3)(c3ccccc3)c3ccccc3)c3csc(NC(c4ccccc4)(c4ccccc4)c4ccccc4)n3)C(=O)N12. The number of oxime groups is 1.